The molecule has 0 radical (unpaired) electrons. The predicted octanol–water partition coefficient (Wildman–Crippen LogP) is 4.81. The summed E-state index contributed by atoms with van der Waals surface area (Å²) in [4.78, 5) is 0. The van der Waals surface area contributed by atoms with Gasteiger partial charge in [-0.15, -0.1) is 0 Å². The molecule has 1 saturated carbocycles. The Kier molecular flexibility index (Phi) is 3.64. The lowest BCUT2D eigenvalue weighted by Crippen LogP contribution is -2.06. The third-order valence-electron chi connectivity index (χ3n) is 4.27. The predicted molar refractivity (Wildman–Crippen MR) is 81.0 cm³/mol. The van der Waals surface area contributed by atoms with Crippen molar-refractivity contribution in [2.75, 3.05) is 0 Å². The highest BCUT2D eigenvalue weighted by Gasteiger charge is 2.22. The van der Waals surface area contributed by atoms with Gasteiger partial charge >= 0.3 is 0 Å². The van der Waals surface area contributed by atoms with E-state index in [0.29, 0.717) is 11.7 Å². The molecular formula is C18H20O2. The highest BCUT2D eigenvalue weighted by molar-refractivity contribution is 5.71. The Morgan fingerprint density at radius 3 is 2.20 bits per heavy atom. The van der Waals surface area contributed by atoms with E-state index in [1.807, 2.05) is 18.2 Å². The fourth-order valence-corrected chi connectivity index (χ4v) is 3.27. The second-order valence-electron chi connectivity index (χ2n) is 5.62. The molecule has 2 heteroatoms. The third kappa shape index (κ3) is 2.51. The molecule has 0 amide bonds. The number of benzene rings is 2. The Hall–Kier alpha value is -1.96. The molecule has 2 aromatic rings. The summed E-state index contributed by atoms with van der Waals surface area (Å²) in [6, 6.07) is 13.0. The minimum atomic E-state index is 0.271. The molecule has 1 aliphatic carbocycles. The number of phenols is 2. The monoisotopic (exact) mass is 268 g/mol. The summed E-state index contributed by atoms with van der Waals surface area (Å²) in [6.07, 6.45) is 6.10. The Balaban J connectivity index is 2.06. The van der Waals surface area contributed by atoms with Gasteiger partial charge in [0.05, 0.1) is 0 Å². The second kappa shape index (κ2) is 5.58. The Bertz CT molecular complexity index is 581. The van der Waals surface area contributed by atoms with Crippen molar-refractivity contribution in [3.63, 3.8) is 0 Å². The number of hydrogen-bond acceptors (Lipinski definition) is 2. The summed E-state index contributed by atoms with van der Waals surface area (Å²) in [7, 11) is 0. The third-order valence-corrected chi connectivity index (χ3v) is 4.27. The molecular weight excluding hydrogens is 248 g/mol. The van der Waals surface area contributed by atoms with Crippen molar-refractivity contribution >= 4 is 0 Å². The van der Waals surface area contributed by atoms with Gasteiger partial charge in [-0.05, 0) is 48.1 Å². The highest BCUT2D eigenvalue weighted by atomic mass is 16.3. The molecule has 3 rings (SSSR count). The van der Waals surface area contributed by atoms with Crippen molar-refractivity contribution in [2.45, 2.75) is 38.0 Å². The van der Waals surface area contributed by atoms with Gasteiger partial charge in [0.15, 0.2) is 0 Å². The van der Waals surface area contributed by atoms with Gasteiger partial charge in [-0.2, -0.15) is 0 Å². The van der Waals surface area contributed by atoms with Crippen LogP contribution >= 0.6 is 0 Å². The number of phenolic OH excluding ortho intramolecular Hbond substituents is 2. The van der Waals surface area contributed by atoms with E-state index in [4.69, 9.17) is 0 Å². The molecule has 0 heterocycles. The maximum absolute atomic E-state index is 10.3. The van der Waals surface area contributed by atoms with Gasteiger partial charge in [0.1, 0.15) is 11.5 Å². The van der Waals surface area contributed by atoms with Gasteiger partial charge in [-0.3, -0.25) is 0 Å². The quantitative estimate of drug-likeness (QED) is 0.820. The first-order valence-electron chi connectivity index (χ1n) is 7.37. The van der Waals surface area contributed by atoms with Crippen molar-refractivity contribution in [2.24, 2.45) is 0 Å². The fraction of sp³-hybridized carbons (Fsp3) is 0.333. The van der Waals surface area contributed by atoms with Crippen LogP contribution in [0.15, 0.2) is 42.5 Å². The standard InChI is InChI=1S/C18H20O2/c19-15-11-9-13(10-12-15)16-7-4-8-17(20)18(16)14-5-2-1-3-6-14/h4,7-12,14,19-20H,1-3,5-6H2. The molecule has 2 nitrogen and oxygen atoms in total. The van der Waals surface area contributed by atoms with Crippen molar-refractivity contribution in [3.8, 4) is 22.6 Å². The van der Waals surface area contributed by atoms with Crippen LogP contribution in [0.4, 0.5) is 0 Å². The molecule has 0 aliphatic heterocycles. The summed E-state index contributed by atoms with van der Waals surface area (Å²) in [5, 5.41) is 19.7. The van der Waals surface area contributed by atoms with E-state index < -0.39 is 0 Å². The lowest BCUT2D eigenvalue weighted by molar-refractivity contribution is 0.415. The highest BCUT2D eigenvalue weighted by Crippen LogP contribution is 2.42. The molecule has 1 fully saturated rings. The van der Waals surface area contributed by atoms with Gasteiger partial charge < -0.3 is 10.2 Å². The van der Waals surface area contributed by atoms with E-state index in [1.165, 1.54) is 19.3 Å². The van der Waals surface area contributed by atoms with Gasteiger partial charge in [-0.25, -0.2) is 0 Å². The van der Waals surface area contributed by atoms with Crippen LogP contribution in [-0.4, -0.2) is 10.2 Å². The minimum Gasteiger partial charge on any atom is -0.508 e. The number of rotatable bonds is 2. The topological polar surface area (TPSA) is 40.5 Å². The molecule has 0 atom stereocenters. The fourth-order valence-electron chi connectivity index (χ4n) is 3.27. The van der Waals surface area contributed by atoms with Crippen LogP contribution in [-0.2, 0) is 0 Å². The average molecular weight is 268 g/mol. The smallest absolute Gasteiger partial charge is 0.119 e. The van der Waals surface area contributed by atoms with E-state index in [0.717, 1.165) is 29.5 Å². The van der Waals surface area contributed by atoms with Gasteiger partial charge in [-0.1, -0.05) is 43.5 Å². The van der Waals surface area contributed by atoms with Gasteiger partial charge in [0.25, 0.3) is 0 Å². The van der Waals surface area contributed by atoms with E-state index in [-0.39, 0.29) is 5.75 Å². The molecule has 104 valence electrons. The summed E-state index contributed by atoms with van der Waals surface area (Å²) >= 11 is 0. The summed E-state index contributed by atoms with van der Waals surface area (Å²) in [6.45, 7) is 0. The van der Waals surface area contributed by atoms with Crippen molar-refractivity contribution < 1.29 is 10.2 Å². The van der Waals surface area contributed by atoms with Gasteiger partial charge in [0.2, 0.25) is 0 Å². The molecule has 2 aromatic carbocycles. The zero-order valence-electron chi connectivity index (χ0n) is 11.5. The SMILES string of the molecule is Oc1ccc(-c2cccc(O)c2C2CCCCC2)cc1. The minimum absolute atomic E-state index is 0.271. The zero-order valence-corrected chi connectivity index (χ0v) is 11.5. The molecule has 0 unspecified atom stereocenters. The first-order chi connectivity index (χ1) is 9.75. The zero-order chi connectivity index (χ0) is 13.9. The van der Waals surface area contributed by atoms with E-state index in [9.17, 15) is 10.2 Å². The Morgan fingerprint density at radius 1 is 0.800 bits per heavy atom. The van der Waals surface area contributed by atoms with Crippen LogP contribution in [0.1, 0.15) is 43.6 Å². The van der Waals surface area contributed by atoms with Crippen LogP contribution in [0.2, 0.25) is 0 Å². The number of hydrogen-bond donors (Lipinski definition) is 2. The van der Waals surface area contributed by atoms with E-state index in [2.05, 4.69) is 6.07 Å². The van der Waals surface area contributed by atoms with E-state index >= 15 is 0 Å². The first-order valence-corrected chi connectivity index (χ1v) is 7.37. The average Bonchev–Trinajstić information content (AvgIpc) is 2.49. The molecule has 0 spiro atoms. The normalized spacial score (nSPS) is 16.2. The van der Waals surface area contributed by atoms with E-state index in [1.54, 1.807) is 18.2 Å². The van der Waals surface area contributed by atoms with Crippen LogP contribution < -0.4 is 0 Å². The Labute approximate surface area is 119 Å². The Morgan fingerprint density at radius 2 is 1.50 bits per heavy atom. The largest absolute Gasteiger partial charge is 0.508 e. The molecule has 0 aromatic heterocycles. The lowest BCUT2D eigenvalue weighted by Gasteiger charge is -2.25. The maximum Gasteiger partial charge on any atom is 0.119 e. The van der Waals surface area contributed by atoms with Crippen molar-refractivity contribution in [1.82, 2.24) is 0 Å². The molecule has 0 bridgehead atoms. The van der Waals surface area contributed by atoms with Crippen molar-refractivity contribution in [1.29, 1.82) is 0 Å². The maximum atomic E-state index is 10.3. The van der Waals surface area contributed by atoms with Crippen LogP contribution in [0.25, 0.3) is 11.1 Å². The first kappa shape index (κ1) is 13.0. The van der Waals surface area contributed by atoms with Crippen molar-refractivity contribution in [3.05, 3.63) is 48.0 Å². The van der Waals surface area contributed by atoms with Crippen LogP contribution in [0.3, 0.4) is 0 Å². The van der Waals surface area contributed by atoms with Gasteiger partial charge in [0, 0.05) is 5.56 Å². The molecule has 2 N–H and O–H groups in total. The molecule has 0 saturated heterocycles. The summed E-state index contributed by atoms with van der Waals surface area (Å²) in [5.41, 5.74) is 3.23. The van der Waals surface area contributed by atoms with Crippen LogP contribution in [0, 0.1) is 0 Å². The molecule has 1 aliphatic rings. The lowest BCUT2D eigenvalue weighted by atomic mass is 9.80. The molecule has 20 heavy (non-hydrogen) atoms. The summed E-state index contributed by atoms with van der Waals surface area (Å²) < 4.78 is 0. The van der Waals surface area contributed by atoms with Crippen LogP contribution in [0.5, 0.6) is 11.5 Å². The summed E-state index contributed by atoms with van der Waals surface area (Å²) in [5.74, 6) is 1.13. The second-order valence-corrected chi connectivity index (χ2v) is 5.62. The number of aromatic hydroxyl groups is 2.